The molecule has 0 amide bonds. The van der Waals surface area contributed by atoms with Gasteiger partial charge in [-0.3, -0.25) is 23.7 Å². The highest BCUT2D eigenvalue weighted by atomic mass is 31.3. The third-order valence-electron chi connectivity index (χ3n) is 5.06. The van der Waals surface area contributed by atoms with Crippen LogP contribution in [0.15, 0.2) is 11.1 Å². The van der Waals surface area contributed by atoms with E-state index in [9.17, 15) is 33.8 Å². The second-order valence-electron chi connectivity index (χ2n) is 7.97. The number of nitrogens with two attached hydrogens (primary N) is 1. The number of nitrogen functional groups attached to an aromatic ring is 1. The van der Waals surface area contributed by atoms with E-state index in [-0.39, 0.29) is 17.1 Å². The van der Waals surface area contributed by atoms with E-state index >= 15 is 0 Å². The van der Waals surface area contributed by atoms with Gasteiger partial charge in [-0.2, -0.15) is 9.29 Å². The Morgan fingerprint density at radius 2 is 1.80 bits per heavy atom. The number of Topliss-reactive ketones (excluding diaryl/α,β-unsaturated/α-hetero) is 1. The quantitative estimate of drug-likeness (QED) is 0.104. The van der Waals surface area contributed by atoms with Crippen LogP contribution in [0, 0.1) is 0 Å². The molecule has 2 aromatic heterocycles. The Kier molecular flexibility index (Phi) is 11.6. The fourth-order valence-electron chi connectivity index (χ4n) is 3.15. The smallest absolute Gasteiger partial charge is 0.394 e. The van der Waals surface area contributed by atoms with E-state index in [1.807, 2.05) is 0 Å². The number of H-pyrrole nitrogens is 1. The standard InChI is InChI=1S/C10H15N5O11P2.C6H12O6/c11-10-13-7-4(8(18)14-10)12-2-15(7)9-6(17)5(16)3(25-9)1-24-28(22,23)26-27(19,20)21;7-1-3(9)5(11)6(12)4(10)2-8/h2-3,5-6,9,16-17H,1H2,(H,22,23)(H2,19,20,21)(H3,11,13,14,18);3,5-9,11-12H,1-2H2/t3-,5-,6-,9-;/m1./s1. The number of carbonyl (C=O) groups excluding carboxylic acids is 1. The molecule has 3 heterocycles. The Morgan fingerprint density at radius 3 is 2.35 bits per heavy atom. The third-order valence-corrected chi connectivity index (χ3v) is 7.22. The van der Waals surface area contributed by atoms with Gasteiger partial charge in [-0.15, -0.1) is 0 Å². The maximum absolute atomic E-state index is 11.8. The van der Waals surface area contributed by atoms with Crippen molar-refractivity contribution < 1.29 is 77.9 Å². The lowest BCUT2D eigenvalue weighted by Gasteiger charge is -2.19. The summed E-state index contributed by atoms with van der Waals surface area (Å²) in [5, 5.41) is 63.3. The number of nitrogens with one attached hydrogen (secondary N) is 1. The highest BCUT2D eigenvalue weighted by Crippen LogP contribution is 2.57. The average Bonchev–Trinajstić information content (AvgIpc) is 3.40. The van der Waals surface area contributed by atoms with Crippen molar-refractivity contribution >= 4 is 38.5 Å². The average molecular weight is 623 g/mol. The van der Waals surface area contributed by atoms with Crippen LogP contribution in [-0.2, 0) is 27.5 Å². The largest absolute Gasteiger partial charge is 0.481 e. The van der Waals surface area contributed by atoms with Crippen LogP contribution in [0.3, 0.4) is 0 Å². The van der Waals surface area contributed by atoms with Crippen LogP contribution >= 0.6 is 15.6 Å². The molecule has 0 aromatic carbocycles. The topological polar surface area (TPSA) is 371 Å². The van der Waals surface area contributed by atoms with Crippen LogP contribution < -0.4 is 11.3 Å². The molecular weight excluding hydrogens is 596 g/mol. The number of ketones is 1. The van der Waals surface area contributed by atoms with E-state index in [4.69, 9.17) is 45.8 Å². The number of hydrogen-bond donors (Lipinski definition) is 12. The van der Waals surface area contributed by atoms with Gasteiger partial charge in [-0.05, 0) is 0 Å². The van der Waals surface area contributed by atoms with Crippen molar-refractivity contribution in [3.05, 3.63) is 16.7 Å². The fraction of sp³-hybridized carbons (Fsp3) is 0.625. The van der Waals surface area contributed by atoms with Crippen LogP contribution in [-0.4, -0.2) is 132 Å². The molecule has 0 spiro atoms. The number of fused-ring (bicyclic) bond motifs is 1. The summed E-state index contributed by atoms with van der Waals surface area (Å²) in [6.45, 7) is -2.56. The minimum Gasteiger partial charge on any atom is -0.394 e. The molecule has 228 valence electrons. The van der Waals surface area contributed by atoms with E-state index in [2.05, 4.69) is 23.8 Å². The number of phosphoric ester groups is 1. The Labute approximate surface area is 221 Å². The summed E-state index contributed by atoms with van der Waals surface area (Å²) in [5.74, 6) is -1.24. The zero-order valence-electron chi connectivity index (χ0n) is 19.9. The van der Waals surface area contributed by atoms with Crippen LogP contribution in [0.2, 0.25) is 0 Å². The lowest BCUT2D eigenvalue weighted by Crippen LogP contribution is -2.44. The predicted molar refractivity (Wildman–Crippen MR) is 125 cm³/mol. The summed E-state index contributed by atoms with van der Waals surface area (Å²) >= 11 is 0. The van der Waals surface area contributed by atoms with Crippen molar-refractivity contribution in [2.24, 2.45) is 0 Å². The summed E-state index contributed by atoms with van der Waals surface area (Å²) in [4.78, 5) is 58.6. The molecule has 40 heavy (non-hydrogen) atoms. The van der Waals surface area contributed by atoms with Gasteiger partial charge in [-0.1, -0.05) is 0 Å². The molecule has 4 unspecified atom stereocenters. The van der Waals surface area contributed by atoms with Gasteiger partial charge in [-0.25, -0.2) is 14.1 Å². The SMILES string of the molecule is Nc1nc2c(ncn2[C@@H]2O[C@H](COP(=O)(O)OP(=O)(O)O)[C@@H](O)[C@H]2O)c(=O)[nH]1.O=C(CO)C(O)C(O)C(O)CO. The predicted octanol–water partition coefficient (Wildman–Crippen LogP) is -5.83. The number of rotatable bonds is 11. The van der Waals surface area contributed by atoms with Gasteiger partial charge in [0.25, 0.3) is 5.56 Å². The van der Waals surface area contributed by atoms with Crippen LogP contribution in [0.1, 0.15) is 6.23 Å². The van der Waals surface area contributed by atoms with Crippen molar-refractivity contribution in [1.82, 2.24) is 19.5 Å². The number of hydrogen-bond acceptors (Lipinski definition) is 17. The molecule has 0 aliphatic carbocycles. The fourth-order valence-corrected chi connectivity index (χ4v) is 4.75. The molecule has 13 N–H and O–H groups in total. The number of nitrogens with zero attached hydrogens (tertiary/aromatic N) is 3. The number of aliphatic hydroxyl groups is 7. The maximum atomic E-state index is 11.8. The molecule has 3 rings (SSSR count). The first-order valence-corrected chi connectivity index (χ1v) is 13.7. The molecule has 24 heteroatoms. The van der Waals surface area contributed by atoms with E-state index < -0.39 is 89.7 Å². The molecule has 22 nitrogen and oxygen atoms in total. The normalized spacial score (nSPS) is 25.1. The number of aromatic nitrogens is 4. The van der Waals surface area contributed by atoms with Crippen molar-refractivity contribution in [3.63, 3.8) is 0 Å². The number of phosphoric acid groups is 2. The van der Waals surface area contributed by atoms with E-state index in [0.717, 1.165) is 10.9 Å². The number of carbonyl (C=O) groups is 1. The zero-order chi connectivity index (χ0) is 30.6. The summed E-state index contributed by atoms with van der Waals surface area (Å²) in [6.07, 6.45) is -10.1. The van der Waals surface area contributed by atoms with E-state index in [1.165, 1.54) is 0 Å². The monoisotopic (exact) mass is 623 g/mol. The third kappa shape index (κ3) is 8.63. The zero-order valence-corrected chi connectivity index (χ0v) is 21.7. The van der Waals surface area contributed by atoms with Crippen molar-refractivity contribution in [3.8, 4) is 0 Å². The first-order valence-electron chi connectivity index (χ1n) is 10.7. The first kappa shape index (κ1) is 34.0. The minimum absolute atomic E-state index is 0.0586. The summed E-state index contributed by atoms with van der Waals surface area (Å²) < 4.78 is 36.6. The molecule has 0 saturated carbocycles. The van der Waals surface area contributed by atoms with Crippen LogP contribution in [0.25, 0.3) is 11.2 Å². The van der Waals surface area contributed by atoms with E-state index in [1.54, 1.807) is 0 Å². The molecule has 2 aromatic rings. The van der Waals surface area contributed by atoms with E-state index in [0.29, 0.717) is 0 Å². The molecule has 1 aliphatic heterocycles. The van der Waals surface area contributed by atoms with Gasteiger partial charge in [0.05, 0.1) is 19.5 Å². The van der Waals surface area contributed by atoms with Crippen molar-refractivity contribution in [1.29, 1.82) is 0 Å². The second kappa shape index (κ2) is 13.6. The molecule has 8 atom stereocenters. The summed E-state index contributed by atoms with van der Waals surface area (Å²) in [7, 11) is -10.5. The Balaban J connectivity index is 0.000000395. The van der Waals surface area contributed by atoms with Gasteiger partial charge in [0.2, 0.25) is 5.95 Å². The molecule has 1 aliphatic rings. The number of anilines is 1. The first-order chi connectivity index (χ1) is 18.4. The summed E-state index contributed by atoms with van der Waals surface area (Å²) in [6, 6.07) is 0. The number of aromatic amines is 1. The number of ether oxygens (including phenoxy) is 1. The van der Waals surface area contributed by atoms with Gasteiger partial charge in [0, 0.05) is 0 Å². The highest BCUT2D eigenvalue weighted by molar-refractivity contribution is 7.60. The van der Waals surface area contributed by atoms with Gasteiger partial charge in [0.15, 0.2) is 23.2 Å². The van der Waals surface area contributed by atoms with Crippen LogP contribution in [0.5, 0.6) is 0 Å². The lowest BCUT2D eigenvalue weighted by molar-refractivity contribution is -0.142. The minimum atomic E-state index is -5.32. The van der Waals surface area contributed by atoms with Crippen LogP contribution in [0.4, 0.5) is 5.95 Å². The van der Waals surface area contributed by atoms with Crippen molar-refractivity contribution in [2.45, 2.75) is 42.9 Å². The van der Waals surface area contributed by atoms with Gasteiger partial charge in [0.1, 0.15) is 43.2 Å². The van der Waals surface area contributed by atoms with Gasteiger partial charge >= 0.3 is 15.6 Å². The summed E-state index contributed by atoms with van der Waals surface area (Å²) in [5.41, 5.74) is 4.65. The van der Waals surface area contributed by atoms with Gasteiger partial charge < -0.3 is 60.9 Å². The molecular formula is C16H27N5O17P2. The molecule has 0 bridgehead atoms. The highest BCUT2D eigenvalue weighted by Gasteiger charge is 2.46. The number of aliphatic hydroxyl groups excluding tert-OH is 7. The lowest BCUT2D eigenvalue weighted by atomic mass is 10.1. The number of imidazole rings is 1. The Hall–Kier alpha value is -2.24. The van der Waals surface area contributed by atoms with Crippen molar-refractivity contribution in [2.75, 3.05) is 25.6 Å². The Bertz CT molecular complexity index is 1310. The molecule has 0 radical (unpaired) electrons. The second-order valence-corrected chi connectivity index (χ2v) is 10.8. The maximum Gasteiger partial charge on any atom is 0.481 e. The Morgan fingerprint density at radius 1 is 1.18 bits per heavy atom. The molecule has 1 saturated heterocycles. The molecule has 1 fully saturated rings.